The molecule has 4 heteroatoms. The monoisotopic (exact) mass is 245 g/mol. The number of carbonyl (C=O) groups is 1. The third kappa shape index (κ3) is 4.05. The highest BCUT2D eigenvalue weighted by atomic mass is 16.1. The van der Waals surface area contributed by atoms with Crippen molar-refractivity contribution in [1.29, 1.82) is 0 Å². The van der Waals surface area contributed by atoms with Gasteiger partial charge in [0.05, 0.1) is 5.70 Å². The van der Waals surface area contributed by atoms with Crippen LogP contribution in [0.1, 0.15) is 29.8 Å². The van der Waals surface area contributed by atoms with Gasteiger partial charge in [-0.2, -0.15) is 0 Å². The van der Waals surface area contributed by atoms with Gasteiger partial charge in [0.15, 0.2) is 0 Å². The van der Waals surface area contributed by atoms with E-state index < -0.39 is 0 Å². The highest BCUT2D eigenvalue weighted by molar-refractivity contribution is 5.99. The van der Waals surface area contributed by atoms with Crippen LogP contribution in [-0.4, -0.2) is 18.8 Å². The zero-order valence-electron chi connectivity index (χ0n) is 11.0. The van der Waals surface area contributed by atoms with Gasteiger partial charge in [-0.3, -0.25) is 9.79 Å². The summed E-state index contributed by atoms with van der Waals surface area (Å²) in [5, 5.41) is 5.70. The summed E-state index contributed by atoms with van der Waals surface area (Å²) in [7, 11) is 0. The van der Waals surface area contributed by atoms with Crippen LogP contribution in [0.4, 0.5) is 0 Å². The van der Waals surface area contributed by atoms with Crippen molar-refractivity contribution in [2.24, 2.45) is 4.99 Å². The maximum atomic E-state index is 11.8. The lowest BCUT2D eigenvalue weighted by atomic mass is 10.1. The fourth-order valence-corrected chi connectivity index (χ4v) is 1.45. The number of amides is 1. The number of aliphatic imine (C=N–C) groups is 1. The molecule has 1 aromatic carbocycles. The molecule has 1 aliphatic heterocycles. The lowest BCUT2D eigenvalue weighted by Gasteiger charge is -2.09. The van der Waals surface area contributed by atoms with Crippen molar-refractivity contribution in [3.8, 4) is 0 Å². The largest absolute Gasteiger partial charge is 0.371 e. The van der Waals surface area contributed by atoms with E-state index in [1.165, 1.54) is 0 Å². The van der Waals surface area contributed by atoms with E-state index in [4.69, 9.17) is 0 Å². The number of nitrogens with zero attached hydrogens (tertiary/aromatic N) is 1. The van der Waals surface area contributed by atoms with E-state index in [-0.39, 0.29) is 5.91 Å². The molecule has 4 nitrogen and oxygen atoms in total. The molecular weight excluding hydrogens is 226 g/mol. The molecule has 0 fully saturated rings. The highest BCUT2D eigenvalue weighted by Crippen LogP contribution is 2.04. The van der Waals surface area contributed by atoms with Gasteiger partial charge in [-0.25, -0.2) is 0 Å². The van der Waals surface area contributed by atoms with Crippen LogP contribution in [0.2, 0.25) is 0 Å². The Balaban J connectivity index is 0.000000771. The second-order valence-electron chi connectivity index (χ2n) is 3.60. The van der Waals surface area contributed by atoms with Gasteiger partial charge in [0, 0.05) is 18.0 Å². The van der Waals surface area contributed by atoms with Crippen LogP contribution in [0.3, 0.4) is 0 Å². The Labute approximate surface area is 108 Å². The van der Waals surface area contributed by atoms with Crippen molar-refractivity contribution in [1.82, 2.24) is 10.6 Å². The Morgan fingerprint density at radius 3 is 2.78 bits per heavy atom. The molecule has 2 rings (SSSR count). The minimum Gasteiger partial charge on any atom is -0.371 e. The molecule has 1 aromatic rings. The topological polar surface area (TPSA) is 53.5 Å². The van der Waals surface area contributed by atoms with E-state index in [2.05, 4.69) is 15.6 Å². The Morgan fingerprint density at radius 2 is 2.17 bits per heavy atom. The number of hydrogen-bond donors (Lipinski definition) is 2. The van der Waals surface area contributed by atoms with Crippen LogP contribution in [0.5, 0.6) is 0 Å². The minimum atomic E-state index is -0.120. The number of benzene rings is 1. The normalized spacial score (nSPS) is 12.7. The molecule has 0 radical (unpaired) electrons. The molecule has 2 N–H and O–H groups in total. The molecule has 1 amide bonds. The van der Waals surface area contributed by atoms with E-state index in [9.17, 15) is 4.79 Å². The summed E-state index contributed by atoms with van der Waals surface area (Å²) < 4.78 is 0. The molecule has 0 spiro atoms. The van der Waals surface area contributed by atoms with Crippen molar-refractivity contribution in [3.63, 3.8) is 0 Å². The molecule has 96 valence electrons. The average Bonchev–Trinajstić information content (AvgIpc) is 2.42. The van der Waals surface area contributed by atoms with Gasteiger partial charge >= 0.3 is 0 Å². The maximum Gasteiger partial charge on any atom is 0.255 e. The molecule has 0 aliphatic carbocycles. The van der Waals surface area contributed by atoms with E-state index >= 15 is 0 Å². The summed E-state index contributed by atoms with van der Waals surface area (Å²) in [6.45, 7) is 6.52. The molecule has 1 aliphatic rings. The van der Waals surface area contributed by atoms with Crippen LogP contribution in [0.15, 0.2) is 41.2 Å². The van der Waals surface area contributed by atoms with Gasteiger partial charge in [0.2, 0.25) is 0 Å². The molecule has 0 unspecified atom stereocenters. The van der Waals surface area contributed by atoms with Crippen molar-refractivity contribution < 1.29 is 4.79 Å². The van der Waals surface area contributed by atoms with Gasteiger partial charge in [-0.05, 0) is 19.1 Å². The lowest BCUT2D eigenvalue weighted by molar-refractivity contribution is 0.0967. The van der Waals surface area contributed by atoms with Crippen LogP contribution in [-0.2, 0) is 0 Å². The molecule has 0 saturated heterocycles. The Bertz CT molecular complexity index is 464. The summed E-state index contributed by atoms with van der Waals surface area (Å²) in [4.78, 5) is 15.8. The maximum absolute atomic E-state index is 11.8. The molecule has 0 atom stereocenters. The second-order valence-corrected chi connectivity index (χ2v) is 3.60. The number of rotatable bonds is 2. The van der Waals surface area contributed by atoms with E-state index in [0.29, 0.717) is 17.9 Å². The SMILES string of the molecule is CC.Cc1cccc(C(=O)NC2=CNCN=C2)c1. The van der Waals surface area contributed by atoms with E-state index in [1.54, 1.807) is 18.5 Å². The number of hydrogen-bond acceptors (Lipinski definition) is 3. The van der Waals surface area contributed by atoms with Gasteiger partial charge in [0.1, 0.15) is 6.67 Å². The van der Waals surface area contributed by atoms with Crippen LogP contribution < -0.4 is 10.6 Å². The van der Waals surface area contributed by atoms with Crippen molar-refractivity contribution in [2.75, 3.05) is 6.67 Å². The Hall–Kier alpha value is -2.10. The first-order chi connectivity index (χ1) is 8.75. The third-order valence-corrected chi connectivity index (χ3v) is 2.21. The number of carbonyl (C=O) groups excluding carboxylic acids is 1. The smallest absolute Gasteiger partial charge is 0.255 e. The van der Waals surface area contributed by atoms with Crippen LogP contribution >= 0.6 is 0 Å². The predicted molar refractivity (Wildman–Crippen MR) is 74.6 cm³/mol. The standard InChI is InChI=1S/C12H13N3O.C2H6/c1-9-3-2-4-10(5-9)12(16)15-11-6-13-8-14-7-11;1-2/h2-7,13H,8H2,1H3,(H,15,16);1-2H3. The van der Waals surface area contributed by atoms with Crippen molar-refractivity contribution in [2.45, 2.75) is 20.8 Å². The molecule has 1 heterocycles. The highest BCUT2D eigenvalue weighted by Gasteiger charge is 2.07. The fraction of sp³-hybridized carbons (Fsp3) is 0.286. The zero-order valence-corrected chi connectivity index (χ0v) is 11.0. The first-order valence-corrected chi connectivity index (χ1v) is 6.07. The van der Waals surface area contributed by atoms with Gasteiger partial charge < -0.3 is 10.6 Å². The third-order valence-electron chi connectivity index (χ3n) is 2.21. The van der Waals surface area contributed by atoms with Crippen LogP contribution in [0, 0.1) is 6.92 Å². The van der Waals surface area contributed by atoms with E-state index in [0.717, 1.165) is 5.56 Å². The summed E-state index contributed by atoms with van der Waals surface area (Å²) >= 11 is 0. The predicted octanol–water partition coefficient (Wildman–Crippen LogP) is 2.22. The Kier molecular flexibility index (Phi) is 5.64. The Morgan fingerprint density at radius 1 is 1.39 bits per heavy atom. The number of allylic oxidation sites excluding steroid dienone is 1. The van der Waals surface area contributed by atoms with E-state index in [1.807, 2.05) is 39.0 Å². The summed E-state index contributed by atoms with van der Waals surface area (Å²) in [6, 6.07) is 7.46. The summed E-state index contributed by atoms with van der Waals surface area (Å²) in [5.74, 6) is -0.120. The fourth-order valence-electron chi connectivity index (χ4n) is 1.45. The van der Waals surface area contributed by atoms with Crippen LogP contribution in [0.25, 0.3) is 0 Å². The number of nitrogens with one attached hydrogen (secondary N) is 2. The van der Waals surface area contributed by atoms with Crippen molar-refractivity contribution >= 4 is 12.1 Å². The van der Waals surface area contributed by atoms with Gasteiger partial charge in [0.25, 0.3) is 5.91 Å². The zero-order chi connectivity index (χ0) is 13.4. The molecule has 0 aromatic heterocycles. The van der Waals surface area contributed by atoms with Crippen molar-refractivity contribution in [3.05, 3.63) is 47.3 Å². The molecule has 0 bridgehead atoms. The van der Waals surface area contributed by atoms with Gasteiger partial charge in [-0.1, -0.05) is 31.5 Å². The van der Waals surface area contributed by atoms with Gasteiger partial charge in [-0.15, -0.1) is 0 Å². The first-order valence-electron chi connectivity index (χ1n) is 6.07. The lowest BCUT2D eigenvalue weighted by Crippen LogP contribution is -2.27. The molecule has 0 saturated carbocycles. The quantitative estimate of drug-likeness (QED) is 0.839. The first kappa shape index (κ1) is 14.0. The minimum absolute atomic E-state index is 0.120. The summed E-state index contributed by atoms with van der Waals surface area (Å²) in [6.07, 6.45) is 3.38. The molecule has 18 heavy (non-hydrogen) atoms. The average molecular weight is 245 g/mol. The second kappa shape index (κ2) is 7.27. The summed E-state index contributed by atoms with van der Waals surface area (Å²) in [5.41, 5.74) is 2.40. The number of aryl methyl sites for hydroxylation is 1. The molecular formula is C14H19N3O.